The second-order valence-electron chi connectivity index (χ2n) is 5.61. The van der Waals surface area contributed by atoms with Crippen molar-refractivity contribution in [2.45, 2.75) is 32.2 Å². The summed E-state index contributed by atoms with van der Waals surface area (Å²) in [5.41, 5.74) is -0.681. The summed E-state index contributed by atoms with van der Waals surface area (Å²) in [4.78, 5) is 11.5. The maximum atomic E-state index is 11.5. The van der Waals surface area contributed by atoms with E-state index in [0.29, 0.717) is 0 Å². The number of hydrogen-bond donors (Lipinski definition) is 3. The molecule has 0 bridgehead atoms. The van der Waals surface area contributed by atoms with Crippen LogP contribution in [-0.4, -0.2) is 45.8 Å². The Bertz CT molecular complexity index is 388. The van der Waals surface area contributed by atoms with Gasteiger partial charge in [0.2, 0.25) is 15.9 Å². The number of carbonyl (C=O) groups excluding carboxylic acids is 1. The van der Waals surface area contributed by atoms with Crippen molar-refractivity contribution in [1.82, 2.24) is 15.4 Å². The van der Waals surface area contributed by atoms with Crippen LogP contribution in [0.15, 0.2) is 0 Å². The number of carbonyl (C=O) groups is 1. The van der Waals surface area contributed by atoms with E-state index in [0.717, 1.165) is 18.7 Å². The third-order valence-corrected chi connectivity index (χ3v) is 3.53. The molecule has 0 radical (unpaired) electrons. The van der Waals surface area contributed by atoms with Crippen LogP contribution in [0, 0.1) is 5.92 Å². The second kappa shape index (κ2) is 5.99. The summed E-state index contributed by atoms with van der Waals surface area (Å²) in [6.07, 6.45) is 3.60. The van der Waals surface area contributed by atoms with E-state index in [1.54, 1.807) is 13.8 Å². The zero-order chi connectivity index (χ0) is 13.8. The van der Waals surface area contributed by atoms with E-state index >= 15 is 0 Å². The summed E-state index contributed by atoms with van der Waals surface area (Å²) >= 11 is 0. The molecule has 1 aliphatic carbocycles. The van der Waals surface area contributed by atoms with Crippen LogP contribution < -0.4 is 15.4 Å². The van der Waals surface area contributed by atoms with Crippen LogP contribution in [0.2, 0.25) is 0 Å². The highest BCUT2D eigenvalue weighted by Gasteiger charge is 2.23. The fourth-order valence-corrected chi connectivity index (χ4v) is 2.71. The Morgan fingerprint density at radius 3 is 2.44 bits per heavy atom. The Morgan fingerprint density at radius 2 is 1.94 bits per heavy atom. The van der Waals surface area contributed by atoms with Gasteiger partial charge in [0.15, 0.2) is 0 Å². The van der Waals surface area contributed by atoms with Crippen molar-refractivity contribution in [3.63, 3.8) is 0 Å². The fraction of sp³-hybridized carbons (Fsp3) is 0.909. The van der Waals surface area contributed by atoms with Gasteiger partial charge >= 0.3 is 0 Å². The molecule has 106 valence electrons. The molecule has 7 heteroatoms. The molecule has 0 spiro atoms. The summed E-state index contributed by atoms with van der Waals surface area (Å²) in [7, 11) is -3.27. The third-order valence-electron chi connectivity index (χ3n) is 2.60. The van der Waals surface area contributed by atoms with Gasteiger partial charge in [0.25, 0.3) is 0 Å². The largest absolute Gasteiger partial charge is 0.353 e. The van der Waals surface area contributed by atoms with Crippen LogP contribution in [0.3, 0.4) is 0 Å². The SMILES string of the molecule is CC(C)(CNC(=O)CNCC1CC1)NS(C)(=O)=O. The highest BCUT2D eigenvalue weighted by molar-refractivity contribution is 7.88. The zero-order valence-electron chi connectivity index (χ0n) is 11.2. The highest BCUT2D eigenvalue weighted by Crippen LogP contribution is 2.27. The first-order valence-corrected chi connectivity index (χ1v) is 8.03. The van der Waals surface area contributed by atoms with Crippen molar-refractivity contribution in [3.05, 3.63) is 0 Å². The fourth-order valence-electron chi connectivity index (χ4n) is 1.63. The van der Waals surface area contributed by atoms with Gasteiger partial charge in [-0.15, -0.1) is 0 Å². The smallest absolute Gasteiger partial charge is 0.234 e. The van der Waals surface area contributed by atoms with Gasteiger partial charge < -0.3 is 10.6 Å². The van der Waals surface area contributed by atoms with Gasteiger partial charge in [0.05, 0.1) is 12.8 Å². The topological polar surface area (TPSA) is 87.3 Å². The first kappa shape index (κ1) is 15.4. The summed E-state index contributed by atoms with van der Waals surface area (Å²) in [5, 5.41) is 5.79. The molecule has 1 rings (SSSR count). The van der Waals surface area contributed by atoms with E-state index in [-0.39, 0.29) is 19.0 Å². The molecule has 0 unspecified atom stereocenters. The van der Waals surface area contributed by atoms with Gasteiger partial charge in [0, 0.05) is 12.1 Å². The molecule has 1 amide bonds. The van der Waals surface area contributed by atoms with Crippen molar-refractivity contribution in [2.75, 3.05) is 25.9 Å². The van der Waals surface area contributed by atoms with Crippen molar-refractivity contribution in [2.24, 2.45) is 5.92 Å². The number of hydrogen-bond acceptors (Lipinski definition) is 4. The van der Waals surface area contributed by atoms with E-state index in [1.165, 1.54) is 12.8 Å². The summed E-state index contributed by atoms with van der Waals surface area (Å²) < 4.78 is 24.7. The Balaban J connectivity index is 2.18. The molecule has 1 fully saturated rings. The number of nitrogens with one attached hydrogen (secondary N) is 3. The van der Waals surface area contributed by atoms with Crippen LogP contribution in [-0.2, 0) is 14.8 Å². The van der Waals surface area contributed by atoms with Crippen LogP contribution in [0.4, 0.5) is 0 Å². The van der Waals surface area contributed by atoms with Gasteiger partial charge in [-0.3, -0.25) is 4.79 Å². The quantitative estimate of drug-likeness (QED) is 0.554. The van der Waals surface area contributed by atoms with Crippen LogP contribution in [0.5, 0.6) is 0 Å². The van der Waals surface area contributed by atoms with E-state index < -0.39 is 15.6 Å². The Hall–Kier alpha value is -0.660. The van der Waals surface area contributed by atoms with Crippen LogP contribution in [0.1, 0.15) is 26.7 Å². The molecule has 1 saturated carbocycles. The van der Waals surface area contributed by atoms with Crippen molar-refractivity contribution < 1.29 is 13.2 Å². The predicted molar refractivity (Wildman–Crippen MR) is 70.7 cm³/mol. The van der Waals surface area contributed by atoms with Gasteiger partial charge in [-0.05, 0) is 39.2 Å². The molecule has 0 saturated heterocycles. The average Bonchev–Trinajstić information content (AvgIpc) is 2.95. The lowest BCUT2D eigenvalue weighted by molar-refractivity contribution is -0.120. The molecule has 0 aromatic heterocycles. The maximum absolute atomic E-state index is 11.5. The van der Waals surface area contributed by atoms with Gasteiger partial charge in [-0.1, -0.05) is 0 Å². The van der Waals surface area contributed by atoms with E-state index in [9.17, 15) is 13.2 Å². The van der Waals surface area contributed by atoms with Gasteiger partial charge in [0.1, 0.15) is 0 Å². The molecule has 6 nitrogen and oxygen atoms in total. The van der Waals surface area contributed by atoms with Gasteiger partial charge in [-0.25, -0.2) is 13.1 Å². The second-order valence-corrected chi connectivity index (χ2v) is 7.36. The minimum absolute atomic E-state index is 0.112. The van der Waals surface area contributed by atoms with Crippen molar-refractivity contribution in [3.8, 4) is 0 Å². The first-order valence-electron chi connectivity index (χ1n) is 6.14. The maximum Gasteiger partial charge on any atom is 0.234 e. The number of sulfonamides is 1. The molecule has 0 atom stereocenters. The van der Waals surface area contributed by atoms with E-state index in [1.807, 2.05) is 0 Å². The molecule has 18 heavy (non-hydrogen) atoms. The Morgan fingerprint density at radius 1 is 1.33 bits per heavy atom. The molecule has 0 heterocycles. The third kappa shape index (κ3) is 7.62. The number of rotatable bonds is 8. The minimum atomic E-state index is -3.27. The lowest BCUT2D eigenvalue weighted by Crippen LogP contribution is -2.52. The molecule has 1 aliphatic rings. The molecule has 0 aromatic rings. The molecular formula is C11H23N3O3S. The minimum Gasteiger partial charge on any atom is -0.353 e. The molecule has 3 N–H and O–H groups in total. The summed E-state index contributed by atoms with van der Waals surface area (Å²) in [6, 6.07) is 0. The number of amides is 1. The van der Waals surface area contributed by atoms with Crippen LogP contribution in [0.25, 0.3) is 0 Å². The molecule has 0 aromatic carbocycles. The van der Waals surface area contributed by atoms with Crippen LogP contribution >= 0.6 is 0 Å². The molecule has 0 aliphatic heterocycles. The first-order chi connectivity index (χ1) is 8.18. The van der Waals surface area contributed by atoms with Crippen molar-refractivity contribution in [1.29, 1.82) is 0 Å². The Labute approximate surface area is 109 Å². The standard InChI is InChI=1S/C11H23N3O3S/c1-11(2,14-18(3,16)17)8-13-10(15)7-12-6-9-4-5-9/h9,12,14H,4-8H2,1-3H3,(H,13,15). The summed E-state index contributed by atoms with van der Waals surface area (Å²) in [5.74, 6) is 0.625. The lowest BCUT2D eigenvalue weighted by atomic mass is 10.1. The van der Waals surface area contributed by atoms with Gasteiger partial charge in [-0.2, -0.15) is 0 Å². The monoisotopic (exact) mass is 277 g/mol. The zero-order valence-corrected chi connectivity index (χ0v) is 12.1. The van der Waals surface area contributed by atoms with Crippen molar-refractivity contribution >= 4 is 15.9 Å². The Kier molecular flexibility index (Phi) is 5.12. The molecular weight excluding hydrogens is 254 g/mol. The van der Waals surface area contributed by atoms with E-state index in [4.69, 9.17) is 0 Å². The summed E-state index contributed by atoms with van der Waals surface area (Å²) in [6.45, 7) is 4.89. The average molecular weight is 277 g/mol. The lowest BCUT2D eigenvalue weighted by Gasteiger charge is -2.25. The normalized spacial score (nSPS) is 16.6. The highest BCUT2D eigenvalue weighted by atomic mass is 32.2. The predicted octanol–water partition coefficient (Wildman–Crippen LogP) is -0.570. The van der Waals surface area contributed by atoms with E-state index in [2.05, 4.69) is 15.4 Å².